The van der Waals surface area contributed by atoms with E-state index in [1.54, 1.807) is 29.0 Å². The van der Waals surface area contributed by atoms with Gasteiger partial charge in [0.25, 0.3) is 5.56 Å². The molecule has 0 amide bonds. The normalized spacial score (nSPS) is 21.5. The highest BCUT2D eigenvalue weighted by atomic mass is 16.5. The molecule has 47 heavy (non-hydrogen) atoms. The number of carbonyl (C=O) groups excluding carboxylic acids is 1. The quantitative estimate of drug-likeness (QED) is 0.268. The topological polar surface area (TPSA) is 134 Å². The number of morpholine rings is 1. The summed E-state index contributed by atoms with van der Waals surface area (Å²) < 4.78 is 13.4. The number of nitriles is 1. The van der Waals surface area contributed by atoms with Crippen LogP contribution < -0.4 is 16.2 Å². The molecule has 2 aliphatic rings. The van der Waals surface area contributed by atoms with Crippen molar-refractivity contribution in [1.82, 2.24) is 19.4 Å². The van der Waals surface area contributed by atoms with Crippen molar-refractivity contribution in [2.24, 2.45) is 11.8 Å². The Morgan fingerprint density at radius 2 is 1.96 bits per heavy atom. The fourth-order valence-electron chi connectivity index (χ4n) is 6.69. The van der Waals surface area contributed by atoms with Gasteiger partial charge in [-0.15, -0.1) is 0 Å². The Hall–Kier alpha value is -4.27. The number of carbonyl (C=O) groups is 1. The largest absolute Gasteiger partial charge is 0.464 e. The van der Waals surface area contributed by atoms with E-state index in [0.29, 0.717) is 36.0 Å². The zero-order valence-corrected chi connectivity index (χ0v) is 28.6. The Balaban J connectivity index is 1.36. The molecule has 250 valence electrons. The van der Waals surface area contributed by atoms with E-state index in [1.165, 1.54) is 0 Å². The van der Waals surface area contributed by atoms with Crippen molar-refractivity contribution in [3.05, 3.63) is 63.7 Å². The Labute approximate surface area is 277 Å². The number of aromatic nitrogens is 3. The Bertz CT molecular complexity index is 1700. The summed E-state index contributed by atoms with van der Waals surface area (Å²) in [6, 6.07) is 9.69. The van der Waals surface area contributed by atoms with Crippen LogP contribution in [-0.2, 0) is 26.2 Å². The van der Waals surface area contributed by atoms with E-state index in [1.807, 2.05) is 33.0 Å². The summed E-state index contributed by atoms with van der Waals surface area (Å²) in [5, 5.41) is 16.5. The van der Waals surface area contributed by atoms with E-state index in [4.69, 9.17) is 14.5 Å². The summed E-state index contributed by atoms with van der Waals surface area (Å²) in [4.78, 5) is 37.7. The third kappa shape index (κ3) is 8.00. The smallest absolute Gasteiger partial charge is 0.308 e. The first kappa shape index (κ1) is 34.1. The maximum Gasteiger partial charge on any atom is 0.308 e. The Kier molecular flexibility index (Phi) is 10.3. The summed E-state index contributed by atoms with van der Waals surface area (Å²) >= 11 is 0. The molecule has 0 radical (unpaired) electrons. The standard InChI is InChI=1S/C36H47N7O4/c1-22(2)12-24(4)34(45)46-21-36(7)20-39-32-28(16-37)14-27(15-29(32)36)30-8-9-38-35(40-30)41-31-13-23(3)17-43(33(31)44)11-10-42-18-25(5)47-26(6)19-42/h8-9,13-15,17,22,24-26,39H,10-12,18-21H2,1-7H3,(H,38,40,41)/t24?,25?,26?,36-/m1/s1. The van der Waals surface area contributed by atoms with Crippen molar-refractivity contribution in [2.75, 3.05) is 43.4 Å². The Morgan fingerprint density at radius 3 is 2.66 bits per heavy atom. The van der Waals surface area contributed by atoms with E-state index in [9.17, 15) is 14.9 Å². The van der Waals surface area contributed by atoms with Gasteiger partial charge in [-0.2, -0.15) is 5.26 Å². The van der Waals surface area contributed by atoms with E-state index >= 15 is 0 Å². The maximum absolute atomic E-state index is 13.5. The van der Waals surface area contributed by atoms with Gasteiger partial charge in [0.1, 0.15) is 18.4 Å². The fourth-order valence-corrected chi connectivity index (χ4v) is 6.69. The zero-order chi connectivity index (χ0) is 33.9. The molecule has 0 spiro atoms. The summed E-state index contributed by atoms with van der Waals surface area (Å²) in [6.07, 6.45) is 4.60. The molecule has 11 nitrogen and oxygen atoms in total. The number of nitrogens with one attached hydrogen (secondary N) is 2. The molecule has 11 heteroatoms. The van der Waals surface area contributed by atoms with Crippen LogP contribution in [0.2, 0.25) is 0 Å². The third-order valence-corrected chi connectivity index (χ3v) is 8.90. The molecular weight excluding hydrogens is 594 g/mol. The molecule has 0 bridgehead atoms. The minimum Gasteiger partial charge on any atom is -0.464 e. The van der Waals surface area contributed by atoms with E-state index < -0.39 is 5.41 Å². The number of anilines is 3. The molecule has 3 aromatic rings. The van der Waals surface area contributed by atoms with Crippen LogP contribution in [0.5, 0.6) is 0 Å². The fraction of sp³-hybridized carbons (Fsp3) is 0.528. The summed E-state index contributed by atoms with van der Waals surface area (Å²) in [7, 11) is 0. The molecule has 2 aliphatic heterocycles. The molecule has 3 unspecified atom stereocenters. The lowest BCUT2D eigenvalue weighted by Crippen LogP contribution is -2.46. The highest BCUT2D eigenvalue weighted by molar-refractivity contribution is 5.77. The minimum atomic E-state index is -0.526. The SMILES string of the molecule is Cc1cc(Nc2nccc(-c3cc(C#N)c4c(c3)[C@@](C)(COC(=O)C(C)CC(C)C)CN4)n2)c(=O)n(CCN2CC(C)OC(C)C2)c1. The monoisotopic (exact) mass is 641 g/mol. The predicted molar refractivity (Wildman–Crippen MR) is 183 cm³/mol. The van der Waals surface area contributed by atoms with E-state index in [-0.39, 0.29) is 42.2 Å². The third-order valence-electron chi connectivity index (χ3n) is 8.90. The van der Waals surface area contributed by atoms with Crippen molar-refractivity contribution in [3.63, 3.8) is 0 Å². The second kappa shape index (κ2) is 14.2. The van der Waals surface area contributed by atoms with Gasteiger partial charge in [-0.05, 0) is 68.5 Å². The molecule has 0 aliphatic carbocycles. The molecule has 1 saturated heterocycles. The molecular formula is C36H47N7O4. The van der Waals surface area contributed by atoms with Crippen LogP contribution in [0, 0.1) is 30.1 Å². The molecule has 4 atom stereocenters. The molecule has 1 aromatic carbocycles. The molecule has 2 aromatic heterocycles. The van der Waals surface area contributed by atoms with Gasteiger partial charge in [0, 0.05) is 56.1 Å². The van der Waals surface area contributed by atoms with Gasteiger partial charge >= 0.3 is 5.97 Å². The number of fused-ring (bicyclic) bond motifs is 1. The highest BCUT2D eigenvalue weighted by Gasteiger charge is 2.38. The van der Waals surface area contributed by atoms with Crippen LogP contribution in [-0.4, -0.2) is 70.4 Å². The van der Waals surface area contributed by atoms with Gasteiger partial charge in [0.2, 0.25) is 5.95 Å². The highest BCUT2D eigenvalue weighted by Crippen LogP contribution is 2.41. The summed E-state index contributed by atoms with van der Waals surface area (Å²) in [5.74, 6) is 0.281. The van der Waals surface area contributed by atoms with Crippen molar-refractivity contribution in [2.45, 2.75) is 79.1 Å². The molecule has 2 N–H and O–H groups in total. The van der Waals surface area contributed by atoms with Crippen LogP contribution in [0.25, 0.3) is 11.3 Å². The second-order valence-electron chi connectivity index (χ2n) is 13.9. The van der Waals surface area contributed by atoms with Gasteiger partial charge in [-0.3, -0.25) is 14.5 Å². The molecule has 0 saturated carbocycles. The number of hydrogen-bond donors (Lipinski definition) is 2. The summed E-state index contributed by atoms with van der Waals surface area (Å²) in [6.45, 7) is 17.9. The van der Waals surface area contributed by atoms with Gasteiger partial charge in [0.15, 0.2) is 0 Å². The minimum absolute atomic E-state index is 0.151. The number of pyridine rings is 1. The van der Waals surface area contributed by atoms with Gasteiger partial charge in [-0.1, -0.05) is 27.7 Å². The van der Waals surface area contributed by atoms with Crippen LogP contribution in [0.1, 0.15) is 64.7 Å². The molecule has 1 fully saturated rings. The number of ether oxygens (including phenoxy) is 2. The maximum atomic E-state index is 13.5. The lowest BCUT2D eigenvalue weighted by atomic mass is 9.83. The lowest BCUT2D eigenvalue weighted by molar-refractivity contribution is -0.150. The van der Waals surface area contributed by atoms with E-state index in [0.717, 1.165) is 48.4 Å². The van der Waals surface area contributed by atoms with Crippen LogP contribution in [0.4, 0.5) is 17.3 Å². The molecule has 5 rings (SSSR count). The van der Waals surface area contributed by atoms with Crippen molar-refractivity contribution >= 4 is 23.3 Å². The van der Waals surface area contributed by atoms with Crippen LogP contribution in [0.15, 0.2) is 41.5 Å². The zero-order valence-electron chi connectivity index (χ0n) is 28.6. The number of rotatable bonds is 11. The van der Waals surface area contributed by atoms with Gasteiger partial charge < -0.3 is 24.7 Å². The number of benzene rings is 1. The number of hydrogen-bond acceptors (Lipinski definition) is 10. The number of esters is 1. The van der Waals surface area contributed by atoms with Crippen molar-refractivity contribution in [1.29, 1.82) is 5.26 Å². The van der Waals surface area contributed by atoms with Gasteiger partial charge in [-0.25, -0.2) is 9.97 Å². The number of nitrogens with zero attached hydrogens (tertiary/aromatic N) is 5. The van der Waals surface area contributed by atoms with Crippen LogP contribution in [0.3, 0.4) is 0 Å². The average molecular weight is 642 g/mol. The second-order valence-corrected chi connectivity index (χ2v) is 13.9. The van der Waals surface area contributed by atoms with Crippen LogP contribution >= 0.6 is 0 Å². The van der Waals surface area contributed by atoms with Crippen molar-refractivity contribution < 1.29 is 14.3 Å². The average Bonchev–Trinajstić information content (AvgIpc) is 3.36. The predicted octanol–water partition coefficient (Wildman–Crippen LogP) is 5.25. The van der Waals surface area contributed by atoms with E-state index in [2.05, 4.69) is 54.3 Å². The lowest BCUT2D eigenvalue weighted by Gasteiger charge is -2.35. The van der Waals surface area contributed by atoms with Crippen molar-refractivity contribution in [3.8, 4) is 17.3 Å². The number of aryl methyl sites for hydroxylation is 1. The molecule has 4 heterocycles. The first-order valence-corrected chi connectivity index (χ1v) is 16.5. The van der Waals surface area contributed by atoms with Gasteiger partial charge in [0.05, 0.1) is 35.1 Å². The summed E-state index contributed by atoms with van der Waals surface area (Å²) in [5.41, 5.74) is 4.12. The Morgan fingerprint density at radius 1 is 1.21 bits per heavy atom. The first-order valence-electron chi connectivity index (χ1n) is 16.5. The first-order chi connectivity index (χ1) is 22.3.